The molecule has 0 atom stereocenters. The van der Waals surface area contributed by atoms with Crippen LogP contribution < -0.4 is 10.6 Å². The van der Waals surface area contributed by atoms with Gasteiger partial charge in [-0.3, -0.25) is 4.79 Å². The van der Waals surface area contributed by atoms with Crippen LogP contribution in [-0.2, 0) is 6.42 Å². The number of fused-ring (bicyclic) bond motifs is 1. The normalized spacial score (nSPS) is 13.9. The molecule has 1 amide bonds. The number of carbonyl (C=O) groups is 1. The minimum Gasteiger partial charge on any atom is -0.385 e. The number of anilines is 1. The molecule has 0 unspecified atom stereocenters. The van der Waals surface area contributed by atoms with Crippen LogP contribution in [0, 0.1) is 0 Å². The van der Waals surface area contributed by atoms with Gasteiger partial charge in [0.2, 0.25) is 0 Å². The summed E-state index contributed by atoms with van der Waals surface area (Å²) in [5.41, 5.74) is 3.23. The lowest BCUT2D eigenvalue weighted by atomic mass is 10.0. The van der Waals surface area contributed by atoms with Crippen LogP contribution in [0.1, 0.15) is 49.0 Å². The molecule has 3 heteroatoms. The second-order valence-corrected chi connectivity index (χ2v) is 4.89. The van der Waals surface area contributed by atoms with Crippen molar-refractivity contribution in [2.75, 3.05) is 11.9 Å². The molecular weight excluding hydrogens is 224 g/mol. The highest BCUT2D eigenvalue weighted by Gasteiger charge is 2.14. The molecule has 0 bridgehead atoms. The second kappa shape index (κ2) is 5.89. The largest absolute Gasteiger partial charge is 0.385 e. The Labute approximate surface area is 109 Å². The van der Waals surface area contributed by atoms with Crippen LogP contribution in [0.25, 0.3) is 0 Å². The molecule has 2 N–H and O–H groups in total. The maximum absolute atomic E-state index is 12.1. The van der Waals surface area contributed by atoms with E-state index in [9.17, 15) is 4.79 Å². The van der Waals surface area contributed by atoms with Crippen molar-refractivity contribution in [2.24, 2.45) is 0 Å². The standard InChI is InChI=1S/C15H22N2O/c1-3-13(4-2)17-15(18)12-7-8-14-11(10-12)6-5-9-16-14/h7-8,10,13,16H,3-6,9H2,1-2H3,(H,17,18). The maximum atomic E-state index is 12.1. The van der Waals surface area contributed by atoms with E-state index < -0.39 is 0 Å². The molecule has 0 fully saturated rings. The molecule has 0 radical (unpaired) electrons. The van der Waals surface area contributed by atoms with Gasteiger partial charge in [-0.2, -0.15) is 0 Å². The van der Waals surface area contributed by atoms with E-state index >= 15 is 0 Å². The lowest BCUT2D eigenvalue weighted by Gasteiger charge is -2.19. The third-order valence-corrected chi connectivity index (χ3v) is 3.63. The average molecular weight is 246 g/mol. The third-order valence-electron chi connectivity index (χ3n) is 3.63. The predicted octanol–water partition coefficient (Wildman–Crippen LogP) is 2.96. The SMILES string of the molecule is CCC(CC)NC(=O)c1ccc2c(c1)CCCN2. The van der Waals surface area contributed by atoms with E-state index in [2.05, 4.69) is 24.5 Å². The molecule has 18 heavy (non-hydrogen) atoms. The Kier molecular flexibility index (Phi) is 4.24. The van der Waals surface area contributed by atoms with E-state index in [4.69, 9.17) is 0 Å². The molecule has 0 aromatic heterocycles. The zero-order valence-corrected chi connectivity index (χ0v) is 11.3. The van der Waals surface area contributed by atoms with Gasteiger partial charge in [0.25, 0.3) is 5.91 Å². The predicted molar refractivity (Wildman–Crippen MR) is 75.1 cm³/mol. The van der Waals surface area contributed by atoms with Crippen LogP contribution in [-0.4, -0.2) is 18.5 Å². The first-order valence-corrected chi connectivity index (χ1v) is 6.92. The fourth-order valence-corrected chi connectivity index (χ4v) is 2.38. The van der Waals surface area contributed by atoms with E-state index in [1.807, 2.05) is 18.2 Å². The van der Waals surface area contributed by atoms with Crippen LogP contribution in [0.5, 0.6) is 0 Å². The van der Waals surface area contributed by atoms with Gasteiger partial charge in [0.1, 0.15) is 0 Å². The fraction of sp³-hybridized carbons (Fsp3) is 0.533. The summed E-state index contributed by atoms with van der Waals surface area (Å²) in [6, 6.07) is 6.25. The summed E-state index contributed by atoms with van der Waals surface area (Å²) < 4.78 is 0. The highest BCUT2D eigenvalue weighted by atomic mass is 16.1. The Morgan fingerprint density at radius 1 is 1.39 bits per heavy atom. The number of benzene rings is 1. The van der Waals surface area contributed by atoms with Crippen LogP contribution in [0.2, 0.25) is 0 Å². The zero-order valence-electron chi connectivity index (χ0n) is 11.3. The van der Waals surface area contributed by atoms with E-state index in [1.165, 1.54) is 11.3 Å². The van der Waals surface area contributed by atoms with Gasteiger partial charge < -0.3 is 10.6 Å². The van der Waals surface area contributed by atoms with E-state index in [0.29, 0.717) is 0 Å². The zero-order chi connectivity index (χ0) is 13.0. The molecule has 0 aliphatic carbocycles. The second-order valence-electron chi connectivity index (χ2n) is 4.89. The molecule has 0 saturated heterocycles. The maximum Gasteiger partial charge on any atom is 0.251 e. The molecule has 0 saturated carbocycles. The molecule has 2 rings (SSSR count). The summed E-state index contributed by atoms with van der Waals surface area (Å²) in [6.45, 7) is 5.24. The first-order valence-electron chi connectivity index (χ1n) is 6.92. The van der Waals surface area contributed by atoms with Gasteiger partial charge in [0.05, 0.1) is 0 Å². The van der Waals surface area contributed by atoms with Crippen molar-refractivity contribution in [1.82, 2.24) is 5.32 Å². The Bertz CT molecular complexity index is 425. The number of aryl methyl sites for hydroxylation is 1. The number of rotatable bonds is 4. The molecule has 3 nitrogen and oxygen atoms in total. The summed E-state index contributed by atoms with van der Waals surface area (Å²) in [4.78, 5) is 12.1. The van der Waals surface area contributed by atoms with Crippen molar-refractivity contribution in [3.05, 3.63) is 29.3 Å². The molecular formula is C15H22N2O. The van der Waals surface area contributed by atoms with Crippen LogP contribution in [0.4, 0.5) is 5.69 Å². The summed E-state index contributed by atoms with van der Waals surface area (Å²) in [7, 11) is 0. The van der Waals surface area contributed by atoms with Gasteiger partial charge >= 0.3 is 0 Å². The van der Waals surface area contributed by atoms with Gasteiger partial charge in [0, 0.05) is 23.8 Å². The summed E-state index contributed by atoms with van der Waals surface area (Å²) in [6.07, 6.45) is 4.17. The minimum atomic E-state index is 0.0528. The molecule has 1 aliphatic rings. The molecule has 1 aromatic carbocycles. The monoisotopic (exact) mass is 246 g/mol. The summed E-state index contributed by atoms with van der Waals surface area (Å²) in [5.74, 6) is 0.0528. The fourth-order valence-electron chi connectivity index (χ4n) is 2.38. The topological polar surface area (TPSA) is 41.1 Å². The Morgan fingerprint density at radius 3 is 2.89 bits per heavy atom. The van der Waals surface area contributed by atoms with E-state index in [1.54, 1.807) is 0 Å². The third kappa shape index (κ3) is 2.84. The number of hydrogen-bond acceptors (Lipinski definition) is 2. The Hall–Kier alpha value is -1.51. The van der Waals surface area contributed by atoms with Crippen LogP contribution in [0.3, 0.4) is 0 Å². The number of carbonyl (C=O) groups excluding carboxylic acids is 1. The first-order chi connectivity index (χ1) is 8.74. The lowest BCUT2D eigenvalue weighted by molar-refractivity contribution is 0.0935. The Morgan fingerprint density at radius 2 is 2.17 bits per heavy atom. The number of hydrogen-bond donors (Lipinski definition) is 2. The highest BCUT2D eigenvalue weighted by molar-refractivity contribution is 5.95. The van der Waals surface area contributed by atoms with E-state index in [-0.39, 0.29) is 11.9 Å². The smallest absolute Gasteiger partial charge is 0.251 e. The highest BCUT2D eigenvalue weighted by Crippen LogP contribution is 2.22. The number of nitrogens with one attached hydrogen (secondary N) is 2. The quantitative estimate of drug-likeness (QED) is 0.857. The van der Waals surface area contributed by atoms with Crippen molar-refractivity contribution < 1.29 is 4.79 Å². The van der Waals surface area contributed by atoms with Crippen molar-refractivity contribution in [2.45, 2.75) is 45.6 Å². The summed E-state index contributed by atoms with van der Waals surface area (Å²) >= 11 is 0. The van der Waals surface area contributed by atoms with Gasteiger partial charge in [-0.25, -0.2) is 0 Å². The van der Waals surface area contributed by atoms with Gasteiger partial charge in [-0.15, -0.1) is 0 Å². The van der Waals surface area contributed by atoms with Crippen molar-refractivity contribution >= 4 is 11.6 Å². The molecule has 98 valence electrons. The van der Waals surface area contributed by atoms with Crippen LogP contribution in [0.15, 0.2) is 18.2 Å². The molecule has 1 aromatic rings. The molecule has 0 spiro atoms. The van der Waals surface area contributed by atoms with Crippen LogP contribution >= 0.6 is 0 Å². The van der Waals surface area contributed by atoms with Crippen molar-refractivity contribution in [3.63, 3.8) is 0 Å². The minimum absolute atomic E-state index is 0.0528. The van der Waals surface area contributed by atoms with Crippen molar-refractivity contribution in [1.29, 1.82) is 0 Å². The van der Waals surface area contributed by atoms with Crippen molar-refractivity contribution in [3.8, 4) is 0 Å². The lowest BCUT2D eigenvalue weighted by Crippen LogP contribution is -2.33. The number of amides is 1. The molecule has 1 aliphatic heterocycles. The van der Waals surface area contributed by atoms with Gasteiger partial charge in [-0.05, 0) is 49.4 Å². The van der Waals surface area contributed by atoms with E-state index in [0.717, 1.165) is 37.8 Å². The Balaban J connectivity index is 2.11. The van der Waals surface area contributed by atoms with Gasteiger partial charge in [0.15, 0.2) is 0 Å². The average Bonchev–Trinajstić information content (AvgIpc) is 2.44. The molecule has 1 heterocycles. The van der Waals surface area contributed by atoms with Gasteiger partial charge in [-0.1, -0.05) is 13.8 Å². The summed E-state index contributed by atoms with van der Waals surface area (Å²) in [5, 5.41) is 6.44. The first kappa shape index (κ1) is 12.9.